The molecule has 0 spiro atoms. The van der Waals surface area contributed by atoms with Crippen LogP contribution < -0.4 is 25.4 Å². The number of Topliss-reactive ketones (excluding diaryl/α,β-unsaturated/α-hetero) is 1. The molecule has 0 saturated carbocycles. The molecule has 0 aliphatic rings. The van der Waals surface area contributed by atoms with E-state index >= 15 is 0 Å². The molecule has 0 radical (unpaired) electrons. The summed E-state index contributed by atoms with van der Waals surface area (Å²) < 4.78 is 10.7. The number of methoxy groups -OCH3 is 2. The summed E-state index contributed by atoms with van der Waals surface area (Å²) in [6.45, 7) is 3.98. The highest BCUT2D eigenvalue weighted by Crippen LogP contribution is 2.38. The van der Waals surface area contributed by atoms with Crippen molar-refractivity contribution in [2.24, 2.45) is 5.73 Å². The molecule has 0 aliphatic heterocycles. The molecular formula is C24H31N3O5. The molecule has 172 valence electrons. The molecule has 3 amide bonds. The van der Waals surface area contributed by atoms with Gasteiger partial charge in [0.2, 0.25) is 5.91 Å². The highest BCUT2D eigenvalue weighted by molar-refractivity contribution is 6.08. The number of nitrogens with zero attached hydrogens (tertiary/aromatic N) is 1. The predicted molar refractivity (Wildman–Crippen MR) is 124 cm³/mol. The van der Waals surface area contributed by atoms with Crippen molar-refractivity contribution in [2.75, 3.05) is 25.7 Å². The summed E-state index contributed by atoms with van der Waals surface area (Å²) in [5.41, 5.74) is 7.42. The number of carbonyl (C=O) groups excluding carboxylic acids is 3. The fourth-order valence-electron chi connectivity index (χ4n) is 3.23. The molecule has 3 N–H and O–H groups in total. The lowest BCUT2D eigenvalue weighted by molar-refractivity contribution is -0.117. The summed E-state index contributed by atoms with van der Waals surface area (Å²) in [5, 5.41) is 2.91. The van der Waals surface area contributed by atoms with Crippen molar-refractivity contribution in [3.8, 4) is 11.5 Å². The molecular weight excluding hydrogens is 410 g/mol. The quantitative estimate of drug-likeness (QED) is 0.405. The van der Waals surface area contributed by atoms with Gasteiger partial charge in [-0.1, -0.05) is 25.5 Å². The average Bonchev–Trinajstić information content (AvgIpc) is 2.78. The summed E-state index contributed by atoms with van der Waals surface area (Å²) >= 11 is 0. The number of unbranched alkanes of at least 4 members (excludes halogenated alkanes) is 1. The maximum Gasteiger partial charge on any atom is 0.326 e. The zero-order valence-electron chi connectivity index (χ0n) is 19.1. The van der Waals surface area contributed by atoms with E-state index in [-0.39, 0.29) is 24.1 Å². The van der Waals surface area contributed by atoms with E-state index in [2.05, 4.69) is 5.32 Å². The molecule has 32 heavy (non-hydrogen) atoms. The van der Waals surface area contributed by atoms with Crippen LogP contribution in [0.15, 0.2) is 36.4 Å². The molecule has 2 aromatic carbocycles. The summed E-state index contributed by atoms with van der Waals surface area (Å²) in [4.78, 5) is 38.2. The molecule has 2 rings (SSSR count). The third kappa shape index (κ3) is 6.23. The Kier molecular flexibility index (Phi) is 9.07. The second-order valence-electron chi connectivity index (χ2n) is 7.33. The second kappa shape index (κ2) is 11.7. The van der Waals surface area contributed by atoms with Gasteiger partial charge in [-0.05, 0) is 43.5 Å². The number of nitrogens with two attached hydrogens (primary N) is 1. The Labute approximate surface area is 188 Å². The Morgan fingerprint density at radius 2 is 1.66 bits per heavy atom. The lowest BCUT2D eigenvalue weighted by atomic mass is 10.1. The number of ether oxygens (including phenoxy) is 2. The maximum atomic E-state index is 13.2. The van der Waals surface area contributed by atoms with Crippen molar-refractivity contribution in [1.82, 2.24) is 5.32 Å². The average molecular weight is 442 g/mol. The van der Waals surface area contributed by atoms with Gasteiger partial charge in [-0.3, -0.25) is 14.5 Å². The van der Waals surface area contributed by atoms with Crippen molar-refractivity contribution >= 4 is 29.1 Å². The van der Waals surface area contributed by atoms with E-state index in [0.717, 1.165) is 18.4 Å². The van der Waals surface area contributed by atoms with Gasteiger partial charge in [0.1, 0.15) is 0 Å². The van der Waals surface area contributed by atoms with Crippen molar-refractivity contribution in [3.63, 3.8) is 0 Å². The summed E-state index contributed by atoms with van der Waals surface area (Å²) in [6, 6.07) is 10.0. The Morgan fingerprint density at radius 1 is 1.03 bits per heavy atom. The molecule has 0 bridgehead atoms. The van der Waals surface area contributed by atoms with Crippen LogP contribution in [0, 0.1) is 0 Å². The molecule has 8 heteroatoms. The van der Waals surface area contributed by atoms with Gasteiger partial charge >= 0.3 is 6.03 Å². The van der Waals surface area contributed by atoms with Gasteiger partial charge in [0.25, 0.3) is 0 Å². The SMILES string of the molecule is CCCCNC(=O)N(c1ccc(CCC(N)=O)cc1)c1cc(OC)c(OC)cc1C(C)=O. The van der Waals surface area contributed by atoms with E-state index in [4.69, 9.17) is 15.2 Å². The van der Waals surface area contributed by atoms with E-state index in [1.807, 2.05) is 19.1 Å². The van der Waals surface area contributed by atoms with E-state index in [1.165, 1.54) is 26.0 Å². The fourth-order valence-corrected chi connectivity index (χ4v) is 3.23. The number of aryl methyl sites for hydroxylation is 1. The van der Waals surface area contributed by atoms with Crippen molar-refractivity contribution in [2.45, 2.75) is 39.5 Å². The summed E-state index contributed by atoms with van der Waals surface area (Å²) in [6.07, 6.45) is 2.51. The van der Waals surface area contributed by atoms with Gasteiger partial charge < -0.3 is 20.5 Å². The van der Waals surface area contributed by atoms with Gasteiger partial charge in [-0.2, -0.15) is 0 Å². The minimum Gasteiger partial charge on any atom is -0.493 e. The Morgan fingerprint density at radius 3 is 2.19 bits per heavy atom. The van der Waals surface area contributed by atoms with Crippen molar-refractivity contribution in [1.29, 1.82) is 0 Å². The number of nitrogens with one attached hydrogen (secondary N) is 1. The standard InChI is InChI=1S/C24H31N3O5/c1-5-6-13-26-24(30)27(18-10-7-17(8-11-18)9-12-23(25)29)20-15-22(32-4)21(31-3)14-19(20)16(2)28/h7-8,10-11,14-15H,5-6,9,12-13H2,1-4H3,(H2,25,29)(H,26,30). The van der Waals surface area contributed by atoms with Crippen LogP contribution in [0.5, 0.6) is 11.5 Å². The first kappa shape index (κ1) is 24.7. The topological polar surface area (TPSA) is 111 Å². The van der Waals surface area contributed by atoms with E-state index in [1.54, 1.807) is 24.3 Å². The van der Waals surface area contributed by atoms with Gasteiger partial charge in [0.05, 0.1) is 25.6 Å². The van der Waals surface area contributed by atoms with Crippen LogP contribution >= 0.6 is 0 Å². The highest BCUT2D eigenvalue weighted by Gasteiger charge is 2.25. The van der Waals surface area contributed by atoms with Crippen LogP contribution in [0.4, 0.5) is 16.2 Å². The summed E-state index contributed by atoms with van der Waals surface area (Å²) in [5.74, 6) is 0.208. The zero-order chi connectivity index (χ0) is 23.7. The maximum absolute atomic E-state index is 13.2. The normalized spacial score (nSPS) is 10.4. The number of urea groups is 1. The van der Waals surface area contributed by atoms with E-state index in [0.29, 0.717) is 41.4 Å². The Bertz CT molecular complexity index is 957. The van der Waals surface area contributed by atoms with Gasteiger partial charge in [0.15, 0.2) is 17.3 Å². The third-order valence-corrected chi connectivity index (χ3v) is 4.99. The lowest BCUT2D eigenvalue weighted by Gasteiger charge is -2.26. The number of anilines is 2. The Hall–Kier alpha value is -3.55. The second-order valence-corrected chi connectivity index (χ2v) is 7.33. The van der Waals surface area contributed by atoms with Crippen LogP contribution in [-0.2, 0) is 11.2 Å². The van der Waals surface area contributed by atoms with E-state index < -0.39 is 0 Å². The number of hydrogen-bond acceptors (Lipinski definition) is 5. The van der Waals surface area contributed by atoms with Crippen LogP contribution in [0.2, 0.25) is 0 Å². The number of ketones is 1. The number of rotatable bonds is 11. The molecule has 0 unspecified atom stereocenters. The number of primary amides is 1. The van der Waals surface area contributed by atoms with Crippen LogP contribution in [0.3, 0.4) is 0 Å². The first-order valence-electron chi connectivity index (χ1n) is 10.5. The van der Waals surface area contributed by atoms with Gasteiger partial charge in [-0.15, -0.1) is 0 Å². The Balaban J connectivity index is 2.55. The van der Waals surface area contributed by atoms with Crippen LogP contribution in [0.25, 0.3) is 0 Å². The number of benzene rings is 2. The third-order valence-electron chi connectivity index (χ3n) is 4.99. The van der Waals surface area contributed by atoms with Crippen LogP contribution in [0.1, 0.15) is 49.0 Å². The molecule has 2 aromatic rings. The number of carbonyl (C=O) groups is 3. The van der Waals surface area contributed by atoms with E-state index in [9.17, 15) is 14.4 Å². The zero-order valence-corrected chi connectivity index (χ0v) is 19.1. The smallest absolute Gasteiger partial charge is 0.326 e. The molecule has 0 aromatic heterocycles. The lowest BCUT2D eigenvalue weighted by Crippen LogP contribution is -2.38. The highest BCUT2D eigenvalue weighted by atomic mass is 16.5. The number of amides is 3. The molecule has 0 aliphatic carbocycles. The minimum atomic E-state index is -0.373. The van der Waals surface area contributed by atoms with Crippen LogP contribution in [-0.4, -0.2) is 38.5 Å². The monoisotopic (exact) mass is 441 g/mol. The molecule has 0 atom stereocenters. The largest absolute Gasteiger partial charge is 0.493 e. The molecule has 8 nitrogen and oxygen atoms in total. The first-order valence-corrected chi connectivity index (χ1v) is 10.5. The van der Waals surface area contributed by atoms with Crippen molar-refractivity contribution < 1.29 is 23.9 Å². The molecule has 0 saturated heterocycles. The summed E-state index contributed by atoms with van der Waals surface area (Å²) in [7, 11) is 2.98. The van der Waals surface area contributed by atoms with Gasteiger partial charge in [-0.25, -0.2) is 4.79 Å². The predicted octanol–water partition coefficient (Wildman–Crippen LogP) is 3.97. The number of hydrogen-bond donors (Lipinski definition) is 2. The molecule has 0 heterocycles. The fraction of sp³-hybridized carbons (Fsp3) is 0.375. The minimum absolute atomic E-state index is 0.217. The molecule has 0 fully saturated rings. The first-order chi connectivity index (χ1) is 15.3. The van der Waals surface area contributed by atoms with Gasteiger partial charge in [0, 0.05) is 24.6 Å². The van der Waals surface area contributed by atoms with Crippen molar-refractivity contribution in [3.05, 3.63) is 47.5 Å².